The molecule has 0 spiro atoms. The van der Waals surface area contributed by atoms with Crippen molar-refractivity contribution in [3.8, 4) is 0 Å². The van der Waals surface area contributed by atoms with Crippen LogP contribution >= 0.6 is 0 Å². The fourth-order valence-corrected chi connectivity index (χ4v) is 2.25. The molecule has 14 heavy (non-hydrogen) atoms. The van der Waals surface area contributed by atoms with Crippen LogP contribution in [0.3, 0.4) is 0 Å². The summed E-state index contributed by atoms with van der Waals surface area (Å²) in [6.07, 6.45) is 3.99. The number of hydrogen-bond donors (Lipinski definition) is 1. The first-order valence-electron chi connectivity index (χ1n) is 6.18. The third-order valence-electron chi connectivity index (χ3n) is 2.81. The Hall–Kier alpha value is -0.0800. The number of hydrogen-bond acceptors (Lipinski definition) is 2. The quantitative estimate of drug-likeness (QED) is 0.728. The zero-order chi connectivity index (χ0) is 10.4. The molecule has 0 aromatic heterocycles. The lowest BCUT2D eigenvalue weighted by Crippen LogP contribution is -2.46. The minimum atomic E-state index is 0.752. The Kier molecular flexibility index (Phi) is 5.49. The van der Waals surface area contributed by atoms with Crippen LogP contribution < -0.4 is 5.32 Å². The first-order valence-corrected chi connectivity index (χ1v) is 6.18. The normalized spacial score (nSPS) is 24.4. The van der Waals surface area contributed by atoms with Crippen LogP contribution in [0.4, 0.5) is 0 Å². The average molecular weight is 198 g/mol. The topological polar surface area (TPSA) is 15.3 Å². The zero-order valence-electron chi connectivity index (χ0n) is 10.1. The van der Waals surface area contributed by atoms with E-state index in [4.69, 9.17) is 0 Å². The van der Waals surface area contributed by atoms with Crippen LogP contribution in [0.25, 0.3) is 0 Å². The summed E-state index contributed by atoms with van der Waals surface area (Å²) in [7, 11) is 0. The molecular weight excluding hydrogens is 172 g/mol. The Labute approximate surface area is 89.1 Å². The van der Waals surface area contributed by atoms with E-state index < -0.39 is 0 Å². The molecule has 1 aliphatic heterocycles. The van der Waals surface area contributed by atoms with Crippen molar-refractivity contribution >= 4 is 0 Å². The van der Waals surface area contributed by atoms with Gasteiger partial charge in [-0.2, -0.15) is 0 Å². The predicted octanol–water partition coefficient (Wildman–Crippen LogP) is 2.11. The predicted molar refractivity (Wildman–Crippen MR) is 62.6 cm³/mol. The molecule has 1 rings (SSSR count). The largest absolute Gasteiger partial charge is 0.313 e. The highest BCUT2D eigenvalue weighted by Gasteiger charge is 2.19. The van der Waals surface area contributed by atoms with Gasteiger partial charge in [0.15, 0.2) is 0 Å². The molecule has 1 aliphatic rings. The number of rotatable bonds is 5. The molecule has 1 heterocycles. The molecule has 2 nitrogen and oxygen atoms in total. The van der Waals surface area contributed by atoms with Gasteiger partial charge >= 0.3 is 0 Å². The molecule has 1 fully saturated rings. The lowest BCUT2D eigenvalue weighted by Gasteiger charge is -2.34. The molecule has 2 heteroatoms. The van der Waals surface area contributed by atoms with Crippen LogP contribution in [-0.2, 0) is 0 Å². The highest BCUT2D eigenvalue weighted by molar-refractivity contribution is 4.78. The van der Waals surface area contributed by atoms with Gasteiger partial charge < -0.3 is 10.2 Å². The smallest absolute Gasteiger partial charge is 0.0195 e. The Balaban J connectivity index is 2.21. The fraction of sp³-hybridized carbons (Fsp3) is 1.00. The second-order valence-corrected chi connectivity index (χ2v) is 4.95. The Bertz CT molecular complexity index is 145. The maximum atomic E-state index is 3.63. The fourth-order valence-electron chi connectivity index (χ4n) is 2.25. The molecule has 0 aromatic rings. The minimum absolute atomic E-state index is 0.752. The van der Waals surface area contributed by atoms with Crippen molar-refractivity contribution in [1.29, 1.82) is 0 Å². The van der Waals surface area contributed by atoms with Gasteiger partial charge in [0.05, 0.1) is 0 Å². The highest BCUT2D eigenvalue weighted by atomic mass is 15.2. The SMILES string of the molecule is CCCNC1CCCN(CC(C)C)C1. The molecule has 1 unspecified atom stereocenters. The van der Waals surface area contributed by atoms with Crippen molar-refractivity contribution in [2.75, 3.05) is 26.2 Å². The van der Waals surface area contributed by atoms with Crippen LogP contribution in [0.5, 0.6) is 0 Å². The Morgan fingerprint density at radius 2 is 2.21 bits per heavy atom. The van der Waals surface area contributed by atoms with E-state index in [-0.39, 0.29) is 0 Å². The van der Waals surface area contributed by atoms with Crippen molar-refractivity contribution in [1.82, 2.24) is 10.2 Å². The molecule has 84 valence electrons. The summed E-state index contributed by atoms with van der Waals surface area (Å²) >= 11 is 0. The molecule has 0 amide bonds. The molecule has 0 aliphatic carbocycles. The second kappa shape index (κ2) is 6.41. The van der Waals surface area contributed by atoms with E-state index in [1.54, 1.807) is 0 Å². The van der Waals surface area contributed by atoms with E-state index in [2.05, 4.69) is 31.0 Å². The van der Waals surface area contributed by atoms with Gasteiger partial charge in [-0.05, 0) is 38.3 Å². The van der Waals surface area contributed by atoms with E-state index in [1.165, 1.54) is 45.4 Å². The van der Waals surface area contributed by atoms with Crippen LogP contribution in [0.2, 0.25) is 0 Å². The Morgan fingerprint density at radius 1 is 1.43 bits per heavy atom. The van der Waals surface area contributed by atoms with Gasteiger partial charge in [-0.3, -0.25) is 0 Å². The van der Waals surface area contributed by atoms with Crippen molar-refractivity contribution < 1.29 is 0 Å². The molecule has 0 radical (unpaired) electrons. The standard InChI is InChI=1S/C12H26N2/c1-4-7-13-12-6-5-8-14(10-12)9-11(2)3/h11-13H,4-10H2,1-3H3. The van der Waals surface area contributed by atoms with Gasteiger partial charge in [0.25, 0.3) is 0 Å². The molecular formula is C12H26N2. The maximum absolute atomic E-state index is 3.63. The highest BCUT2D eigenvalue weighted by Crippen LogP contribution is 2.11. The van der Waals surface area contributed by atoms with Crippen molar-refractivity contribution in [3.05, 3.63) is 0 Å². The molecule has 1 N–H and O–H groups in total. The average Bonchev–Trinajstić information content (AvgIpc) is 2.14. The van der Waals surface area contributed by atoms with Gasteiger partial charge in [-0.25, -0.2) is 0 Å². The van der Waals surface area contributed by atoms with Gasteiger partial charge in [0.2, 0.25) is 0 Å². The van der Waals surface area contributed by atoms with E-state index in [0.29, 0.717) is 0 Å². The summed E-state index contributed by atoms with van der Waals surface area (Å²) in [5, 5.41) is 3.63. The lowest BCUT2D eigenvalue weighted by molar-refractivity contribution is 0.173. The number of nitrogens with zero attached hydrogens (tertiary/aromatic N) is 1. The first kappa shape index (κ1) is 12.0. The van der Waals surface area contributed by atoms with Gasteiger partial charge in [0.1, 0.15) is 0 Å². The summed E-state index contributed by atoms with van der Waals surface area (Å²) in [6, 6.07) is 0.752. The van der Waals surface area contributed by atoms with Crippen molar-refractivity contribution in [2.24, 2.45) is 5.92 Å². The second-order valence-electron chi connectivity index (χ2n) is 4.95. The van der Waals surface area contributed by atoms with Gasteiger partial charge in [-0.1, -0.05) is 20.8 Å². The zero-order valence-corrected chi connectivity index (χ0v) is 10.1. The summed E-state index contributed by atoms with van der Waals surface area (Å²) < 4.78 is 0. The number of likely N-dealkylation sites (tertiary alicyclic amines) is 1. The van der Waals surface area contributed by atoms with Crippen LogP contribution in [-0.4, -0.2) is 37.1 Å². The number of nitrogens with one attached hydrogen (secondary N) is 1. The van der Waals surface area contributed by atoms with E-state index in [9.17, 15) is 0 Å². The Morgan fingerprint density at radius 3 is 2.86 bits per heavy atom. The summed E-state index contributed by atoms with van der Waals surface area (Å²) in [4.78, 5) is 2.61. The van der Waals surface area contributed by atoms with Crippen molar-refractivity contribution in [2.45, 2.75) is 46.1 Å². The maximum Gasteiger partial charge on any atom is 0.0195 e. The molecule has 1 atom stereocenters. The van der Waals surface area contributed by atoms with Crippen LogP contribution in [0, 0.1) is 5.92 Å². The van der Waals surface area contributed by atoms with Gasteiger partial charge in [0, 0.05) is 19.1 Å². The van der Waals surface area contributed by atoms with Crippen LogP contribution in [0.15, 0.2) is 0 Å². The van der Waals surface area contributed by atoms with Crippen molar-refractivity contribution in [3.63, 3.8) is 0 Å². The third-order valence-corrected chi connectivity index (χ3v) is 2.81. The summed E-state index contributed by atoms with van der Waals surface area (Å²) in [5.74, 6) is 0.805. The monoisotopic (exact) mass is 198 g/mol. The summed E-state index contributed by atoms with van der Waals surface area (Å²) in [6.45, 7) is 11.9. The first-order chi connectivity index (χ1) is 6.72. The number of piperidine rings is 1. The molecule has 0 saturated carbocycles. The minimum Gasteiger partial charge on any atom is -0.313 e. The third kappa shape index (κ3) is 4.43. The van der Waals surface area contributed by atoms with Gasteiger partial charge in [-0.15, -0.1) is 0 Å². The van der Waals surface area contributed by atoms with E-state index >= 15 is 0 Å². The summed E-state index contributed by atoms with van der Waals surface area (Å²) in [5.41, 5.74) is 0. The van der Waals surface area contributed by atoms with E-state index in [1.807, 2.05) is 0 Å². The lowest BCUT2D eigenvalue weighted by atomic mass is 10.0. The molecule has 1 saturated heterocycles. The van der Waals surface area contributed by atoms with Crippen LogP contribution in [0.1, 0.15) is 40.0 Å². The molecule has 0 bridgehead atoms. The van der Waals surface area contributed by atoms with E-state index in [0.717, 1.165) is 12.0 Å². The molecule has 0 aromatic carbocycles.